The molecule has 1 aromatic rings. The van der Waals surface area contributed by atoms with Crippen molar-refractivity contribution in [1.29, 1.82) is 0 Å². The predicted octanol–water partition coefficient (Wildman–Crippen LogP) is 2.32. The molecule has 2 rings (SSSR count). The van der Waals surface area contributed by atoms with Crippen molar-refractivity contribution in [3.05, 3.63) is 18.1 Å². The molecule has 0 spiro atoms. The lowest BCUT2D eigenvalue weighted by Gasteiger charge is -2.41. The summed E-state index contributed by atoms with van der Waals surface area (Å²) in [4.78, 5) is 9.03. The molecule has 20 heavy (non-hydrogen) atoms. The van der Waals surface area contributed by atoms with Crippen LogP contribution >= 0.6 is 0 Å². The molecule has 0 amide bonds. The van der Waals surface area contributed by atoms with Gasteiger partial charge in [-0.05, 0) is 5.41 Å². The van der Waals surface area contributed by atoms with E-state index in [0.29, 0.717) is 19.6 Å². The van der Waals surface area contributed by atoms with Crippen LogP contribution in [0.15, 0.2) is 12.4 Å². The van der Waals surface area contributed by atoms with Gasteiger partial charge in [-0.3, -0.25) is 0 Å². The van der Waals surface area contributed by atoms with E-state index < -0.39 is 11.9 Å². The van der Waals surface area contributed by atoms with Crippen LogP contribution in [0, 0.1) is 5.41 Å². The zero-order chi connectivity index (χ0) is 15.0. The highest BCUT2D eigenvalue weighted by molar-refractivity contribution is 5.45. The first-order valence-electron chi connectivity index (χ1n) is 6.56. The van der Waals surface area contributed by atoms with Crippen LogP contribution in [0.1, 0.15) is 26.5 Å². The molecule has 1 atom stereocenters. The molecule has 7 heteroatoms. The van der Waals surface area contributed by atoms with E-state index in [9.17, 15) is 13.2 Å². The Morgan fingerprint density at radius 1 is 1.20 bits per heavy atom. The van der Waals surface area contributed by atoms with Crippen LogP contribution in [0.25, 0.3) is 0 Å². The summed E-state index contributed by atoms with van der Waals surface area (Å²) in [5.41, 5.74) is -0.936. The summed E-state index contributed by atoms with van der Waals surface area (Å²) in [5, 5.41) is 3.35. The monoisotopic (exact) mass is 288 g/mol. The lowest BCUT2D eigenvalue weighted by Crippen LogP contribution is -2.56. The summed E-state index contributed by atoms with van der Waals surface area (Å²) in [6.45, 7) is 7.82. The van der Waals surface area contributed by atoms with E-state index in [1.54, 1.807) is 4.90 Å². The van der Waals surface area contributed by atoms with E-state index in [1.807, 2.05) is 0 Å². The third-order valence-corrected chi connectivity index (χ3v) is 3.47. The van der Waals surface area contributed by atoms with Crippen LogP contribution in [-0.4, -0.2) is 35.6 Å². The van der Waals surface area contributed by atoms with Crippen molar-refractivity contribution in [2.24, 2.45) is 5.41 Å². The summed E-state index contributed by atoms with van der Waals surface area (Å²) in [7, 11) is 0. The Morgan fingerprint density at radius 3 is 2.45 bits per heavy atom. The fraction of sp³-hybridized carbons (Fsp3) is 0.692. The molecule has 1 N–H and O–H groups in total. The van der Waals surface area contributed by atoms with E-state index in [-0.39, 0.29) is 17.3 Å². The Labute approximate surface area is 116 Å². The minimum Gasteiger partial charge on any atom is -0.352 e. The first kappa shape index (κ1) is 15.0. The molecule has 1 aliphatic rings. The number of nitrogens with one attached hydrogen (secondary N) is 1. The first-order valence-corrected chi connectivity index (χ1v) is 6.56. The lowest BCUT2D eigenvalue weighted by molar-refractivity contribution is -0.140. The van der Waals surface area contributed by atoms with Crippen LogP contribution in [0.3, 0.4) is 0 Å². The molecular weight excluding hydrogens is 269 g/mol. The highest BCUT2D eigenvalue weighted by atomic mass is 19.4. The molecular formula is C13H19F3N4. The van der Waals surface area contributed by atoms with E-state index >= 15 is 0 Å². The van der Waals surface area contributed by atoms with Crippen LogP contribution in [-0.2, 0) is 6.18 Å². The topological polar surface area (TPSA) is 41.1 Å². The summed E-state index contributed by atoms with van der Waals surface area (Å²) < 4.78 is 39.0. The van der Waals surface area contributed by atoms with Crippen LogP contribution in [0.2, 0.25) is 0 Å². The quantitative estimate of drug-likeness (QED) is 0.861. The Hall–Kier alpha value is -1.37. The number of rotatable bonds is 1. The molecule has 0 bridgehead atoms. The lowest BCUT2D eigenvalue weighted by atomic mass is 9.85. The number of anilines is 1. The van der Waals surface area contributed by atoms with Crippen molar-refractivity contribution < 1.29 is 13.2 Å². The predicted molar refractivity (Wildman–Crippen MR) is 70.5 cm³/mol. The van der Waals surface area contributed by atoms with Crippen LogP contribution < -0.4 is 10.2 Å². The van der Waals surface area contributed by atoms with E-state index in [1.165, 1.54) is 6.20 Å². The van der Waals surface area contributed by atoms with Crippen LogP contribution in [0.5, 0.6) is 0 Å². The molecule has 4 nitrogen and oxygen atoms in total. The molecule has 0 radical (unpaired) electrons. The average molecular weight is 288 g/mol. The number of hydrogen-bond donors (Lipinski definition) is 1. The Balaban J connectivity index is 2.28. The van der Waals surface area contributed by atoms with Gasteiger partial charge in [-0.15, -0.1) is 0 Å². The second kappa shape index (κ2) is 5.20. The fourth-order valence-electron chi connectivity index (χ4n) is 2.28. The van der Waals surface area contributed by atoms with Crippen molar-refractivity contribution in [2.45, 2.75) is 33.0 Å². The highest BCUT2D eigenvalue weighted by Crippen LogP contribution is 2.34. The molecule has 1 aliphatic heterocycles. The average Bonchev–Trinajstić information content (AvgIpc) is 2.37. The van der Waals surface area contributed by atoms with Gasteiger partial charge in [-0.1, -0.05) is 20.8 Å². The van der Waals surface area contributed by atoms with Gasteiger partial charge in [-0.25, -0.2) is 9.97 Å². The van der Waals surface area contributed by atoms with E-state index in [2.05, 4.69) is 36.1 Å². The van der Waals surface area contributed by atoms with Crippen molar-refractivity contribution in [3.63, 3.8) is 0 Å². The third-order valence-electron chi connectivity index (χ3n) is 3.47. The third kappa shape index (κ3) is 3.20. The van der Waals surface area contributed by atoms with Gasteiger partial charge in [0.05, 0.1) is 0 Å². The number of piperazine rings is 1. The largest absolute Gasteiger partial charge is 0.437 e. The van der Waals surface area contributed by atoms with E-state index in [4.69, 9.17) is 0 Å². The number of nitrogens with zero attached hydrogens (tertiary/aromatic N) is 3. The first-order chi connectivity index (χ1) is 9.19. The Kier molecular flexibility index (Phi) is 3.90. The molecule has 0 aromatic carbocycles. The van der Waals surface area contributed by atoms with Crippen molar-refractivity contribution in [2.75, 3.05) is 24.5 Å². The van der Waals surface area contributed by atoms with Gasteiger partial charge >= 0.3 is 6.18 Å². The normalized spacial score (nSPS) is 21.1. The van der Waals surface area contributed by atoms with Crippen LogP contribution in [0.4, 0.5) is 19.0 Å². The SMILES string of the molecule is CC(C)(C)C1CN(c2nccnc2C(F)(F)F)CCN1. The fourth-order valence-corrected chi connectivity index (χ4v) is 2.28. The van der Waals surface area contributed by atoms with Crippen molar-refractivity contribution >= 4 is 5.82 Å². The minimum atomic E-state index is -4.48. The number of hydrogen-bond acceptors (Lipinski definition) is 4. The van der Waals surface area contributed by atoms with Gasteiger partial charge < -0.3 is 10.2 Å². The molecule has 1 fully saturated rings. The maximum Gasteiger partial charge on any atom is 0.437 e. The van der Waals surface area contributed by atoms with Gasteiger partial charge in [0, 0.05) is 38.1 Å². The maximum absolute atomic E-state index is 13.0. The second-order valence-electron chi connectivity index (χ2n) is 6.05. The van der Waals surface area contributed by atoms with Gasteiger partial charge in [0.2, 0.25) is 0 Å². The number of alkyl halides is 3. The zero-order valence-electron chi connectivity index (χ0n) is 11.8. The van der Waals surface area contributed by atoms with E-state index in [0.717, 1.165) is 6.20 Å². The summed E-state index contributed by atoms with van der Waals surface area (Å²) in [6, 6.07) is 0.110. The molecule has 1 unspecified atom stereocenters. The molecule has 112 valence electrons. The smallest absolute Gasteiger partial charge is 0.352 e. The Bertz CT molecular complexity index is 467. The second-order valence-corrected chi connectivity index (χ2v) is 6.05. The summed E-state index contributed by atoms with van der Waals surface area (Å²) >= 11 is 0. The number of aromatic nitrogens is 2. The maximum atomic E-state index is 13.0. The van der Waals surface area contributed by atoms with Crippen molar-refractivity contribution in [3.8, 4) is 0 Å². The molecule has 1 saturated heterocycles. The summed E-state index contributed by atoms with van der Waals surface area (Å²) in [6.07, 6.45) is -2.10. The minimum absolute atomic E-state index is 0.0285. The number of halogens is 3. The van der Waals surface area contributed by atoms with Gasteiger partial charge in [0.1, 0.15) is 0 Å². The van der Waals surface area contributed by atoms with Gasteiger partial charge in [0.25, 0.3) is 0 Å². The van der Waals surface area contributed by atoms with Gasteiger partial charge in [-0.2, -0.15) is 13.2 Å². The molecule has 2 heterocycles. The standard InChI is InChI=1S/C13H19F3N4/c1-12(2,3)9-8-20(7-6-17-9)11-10(13(14,15)16)18-4-5-19-11/h4-5,9,17H,6-8H2,1-3H3. The zero-order valence-corrected chi connectivity index (χ0v) is 11.8. The van der Waals surface area contributed by atoms with Gasteiger partial charge in [0.15, 0.2) is 11.5 Å². The summed E-state index contributed by atoms with van der Waals surface area (Å²) in [5.74, 6) is -0.0734. The highest BCUT2D eigenvalue weighted by Gasteiger charge is 2.39. The molecule has 0 aliphatic carbocycles. The Morgan fingerprint density at radius 2 is 1.85 bits per heavy atom. The van der Waals surface area contributed by atoms with Crippen molar-refractivity contribution in [1.82, 2.24) is 15.3 Å². The molecule has 0 saturated carbocycles. The molecule has 1 aromatic heterocycles.